The lowest BCUT2D eigenvalue weighted by Crippen LogP contribution is -2.22. The fourth-order valence-electron chi connectivity index (χ4n) is 4.99. The number of thioether (sulfide) groups is 1. The predicted molar refractivity (Wildman–Crippen MR) is 137 cm³/mol. The summed E-state index contributed by atoms with van der Waals surface area (Å²) in [5.41, 5.74) is 4.24. The molecule has 176 valence electrons. The van der Waals surface area contributed by atoms with Crippen molar-refractivity contribution in [2.45, 2.75) is 43.5 Å². The van der Waals surface area contributed by atoms with Crippen molar-refractivity contribution in [3.8, 4) is 17.2 Å². The molecule has 0 saturated heterocycles. The van der Waals surface area contributed by atoms with E-state index in [4.69, 9.17) is 9.47 Å². The molecule has 4 heterocycles. The van der Waals surface area contributed by atoms with Crippen molar-refractivity contribution in [1.29, 1.82) is 0 Å². The number of aromatic nitrogens is 4. The Balaban J connectivity index is 1.41. The quantitative estimate of drug-likeness (QED) is 0.311. The van der Waals surface area contributed by atoms with E-state index in [9.17, 15) is 4.79 Å². The fourth-order valence-corrected chi connectivity index (χ4v) is 7.30. The molecule has 0 unspecified atom stereocenters. The maximum absolute atomic E-state index is 13.9. The average molecular weight is 503 g/mol. The third kappa shape index (κ3) is 3.36. The molecule has 9 heteroatoms. The van der Waals surface area contributed by atoms with Crippen molar-refractivity contribution in [3.05, 3.63) is 74.4 Å². The highest BCUT2D eigenvalue weighted by molar-refractivity contribution is 7.98. The van der Waals surface area contributed by atoms with Gasteiger partial charge in [0.2, 0.25) is 12.6 Å². The molecule has 2 aliphatic rings. The molecule has 0 amide bonds. The second kappa shape index (κ2) is 8.13. The van der Waals surface area contributed by atoms with E-state index >= 15 is 0 Å². The highest BCUT2D eigenvalue weighted by Gasteiger charge is 2.25. The topological polar surface area (TPSA) is 70.7 Å². The van der Waals surface area contributed by atoms with E-state index in [-0.39, 0.29) is 12.4 Å². The Morgan fingerprint density at radius 3 is 2.86 bits per heavy atom. The number of benzene rings is 2. The summed E-state index contributed by atoms with van der Waals surface area (Å²) in [4.78, 5) is 16.2. The van der Waals surface area contributed by atoms with Crippen LogP contribution in [0.3, 0.4) is 0 Å². The second-order valence-electron chi connectivity index (χ2n) is 8.96. The summed E-state index contributed by atoms with van der Waals surface area (Å²) >= 11 is 3.34. The van der Waals surface area contributed by atoms with E-state index in [0.717, 1.165) is 62.9 Å². The Labute approximate surface area is 209 Å². The van der Waals surface area contributed by atoms with Gasteiger partial charge in [-0.15, -0.1) is 21.5 Å². The van der Waals surface area contributed by atoms with E-state index in [1.807, 2.05) is 49.4 Å². The molecule has 3 aromatic heterocycles. The summed E-state index contributed by atoms with van der Waals surface area (Å²) in [5.74, 6) is 2.81. The minimum absolute atomic E-state index is 0.00257. The molecule has 0 bridgehead atoms. The maximum atomic E-state index is 13.9. The van der Waals surface area contributed by atoms with E-state index in [1.54, 1.807) is 27.7 Å². The number of fused-ring (bicyclic) bond motifs is 6. The molecule has 0 fully saturated rings. The molecule has 1 aliphatic heterocycles. The maximum Gasteiger partial charge on any atom is 0.268 e. The molecule has 1 aliphatic carbocycles. The van der Waals surface area contributed by atoms with Gasteiger partial charge in [-0.1, -0.05) is 30.0 Å². The van der Waals surface area contributed by atoms with E-state index in [1.165, 1.54) is 16.9 Å². The molecule has 5 aromatic rings. The SMILES string of the molecule is Cc1cccc(-n2c(=O)c3c4c(sc3n3c(SCc5ccc6c(c5)OCO6)nnc23)CCCC4)c1. The Bertz CT molecular complexity index is 1680. The van der Waals surface area contributed by atoms with Crippen LogP contribution in [0.2, 0.25) is 0 Å². The first-order valence-electron chi connectivity index (χ1n) is 11.7. The van der Waals surface area contributed by atoms with Crippen molar-refractivity contribution in [3.63, 3.8) is 0 Å². The predicted octanol–water partition coefficient (Wildman–Crippen LogP) is 5.30. The number of rotatable bonds is 4. The van der Waals surface area contributed by atoms with Gasteiger partial charge in [0, 0.05) is 10.6 Å². The van der Waals surface area contributed by atoms with Crippen molar-refractivity contribution in [2.24, 2.45) is 0 Å². The van der Waals surface area contributed by atoms with Gasteiger partial charge in [-0.2, -0.15) is 0 Å². The van der Waals surface area contributed by atoms with Crippen LogP contribution in [0, 0.1) is 6.92 Å². The molecular formula is C26H22N4O3S2. The van der Waals surface area contributed by atoms with Crippen molar-refractivity contribution in [2.75, 3.05) is 6.79 Å². The number of ether oxygens (including phenoxy) is 2. The van der Waals surface area contributed by atoms with Crippen LogP contribution in [-0.2, 0) is 18.6 Å². The van der Waals surface area contributed by atoms with Gasteiger partial charge in [0.1, 0.15) is 4.83 Å². The molecule has 7 nitrogen and oxygen atoms in total. The van der Waals surface area contributed by atoms with Gasteiger partial charge in [0.25, 0.3) is 5.56 Å². The standard InChI is InChI=1S/C26H22N4O3S2/c1-15-5-4-6-17(11-15)29-23(31)22-18-7-2-3-8-21(18)35-24(22)30-25(29)27-28-26(30)34-13-16-9-10-19-20(12-16)33-14-32-19/h4-6,9-12H,2-3,7-8,13-14H2,1H3. The van der Waals surface area contributed by atoms with Gasteiger partial charge in [-0.3, -0.25) is 4.79 Å². The Morgan fingerprint density at radius 2 is 1.94 bits per heavy atom. The highest BCUT2D eigenvalue weighted by atomic mass is 32.2. The molecule has 0 spiro atoms. The van der Waals surface area contributed by atoms with Crippen molar-refractivity contribution in [1.82, 2.24) is 19.2 Å². The van der Waals surface area contributed by atoms with E-state index < -0.39 is 0 Å². The number of nitrogens with zero attached hydrogens (tertiary/aromatic N) is 4. The molecule has 2 aromatic carbocycles. The van der Waals surface area contributed by atoms with Crippen LogP contribution in [0.4, 0.5) is 0 Å². The number of thiophene rings is 1. The first-order valence-corrected chi connectivity index (χ1v) is 13.5. The molecular weight excluding hydrogens is 480 g/mol. The first-order chi connectivity index (χ1) is 17.2. The summed E-state index contributed by atoms with van der Waals surface area (Å²) in [6.07, 6.45) is 4.27. The molecule has 0 atom stereocenters. The fraction of sp³-hybridized carbons (Fsp3) is 0.269. The van der Waals surface area contributed by atoms with Crippen LogP contribution in [0.15, 0.2) is 52.4 Å². The van der Waals surface area contributed by atoms with E-state index in [2.05, 4.69) is 14.6 Å². The number of aryl methyl sites for hydroxylation is 3. The Kier molecular flexibility index (Phi) is 4.89. The molecule has 0 N–H and O–H groups in total. The second-order valence-corrected chi connectivity index (χ2v) is 11.0. The van der Waals surface area contributed by atoms with Crippen molar-refractivity contribution < 1.29 is 9.47 Å². The third-order valence-corrected chi connectivity index (χ3v) is 8.93. The van der Waals surface area contributed by atoms with Gasteiger partial charge in [-0.05, 0) is 73.6 Å². The smallest absolute Gasteiger partial charge is 0.268 e. The molecule has 7 rings (SSSR count). The largest absolute Gasteiger partial charge is 0.454 e. The van der Waals surface area contributed by atoms with Crippen LogP contribution >= 0.6 is 23.1 Å². The summed E-state index contributed by atoms with van der Waals surface area (Å²) in [6, 6.07) is 14.0. The van der Waals surface area contributed by atoms with Crippen molar-refractivity contribution >= 4 is 39.1 Å². The molecule has 0 saturated carbocycles. The zero-order chi connectivity index (χ0) is 23.5. The lowest BCUT2D eigenvalue weighted by atomic mass is 9.97. The van der Waals surface area contributed by atoms with Gasteiger partial charge in [0.05, 0.1) is 11.1 Å². The van der Waals surface area contributed by atoms with Gasteiger partial charge < -0.3 is 9.47 Å². The third-order valence-electron chi connectivity index (χ3n) is 6.65. The Morgan fingerprint density at radius 1 is 1.06 bits per heavy atom. The number of hydrogen-bond acceptors (Lipinski definition) is 7. The lowest BCUT2D eigenvalue weighted by Gasteiger charge is -2.12. The van der Waals surface area contributed by atoms with Gasteiger partial charge in [0.15, 0.2) is 16.7 Å². The van der Waals surface area contributed by atoms with Gasteiger partial charge in [-0.25, -0.2) is 8.97 Å². The van der Waals surface area contributed by atoms with Crippen LogP contribution in [0.1, 0.15) is 34.4 Å². The summed E-state index contributed by atoms with van der Waals surface area (Å²) in [7, 11) is 0. The van der Waals surface area contributed by atoms with Crippen LogP contribution in [0.25, 0.3) is 21.7 Å². The number of hydrogen-bond donors (Lipinski definition) is 0. The van der Waals surface area contributed by atoms with Gasteiger partial charge >= 0.3 is 0 Å². The summed E-state index contributed by atoms with van der Waals surface area (Å²) < 4.78 is 14.8. The first kappa shape index (κ1) is 21.0. The lowest BCUT2D eigenvalue weighted by molar-refractivity contribution is 0.174. The van der Waals surface area contributed by atoms with Crippen LogP contribution in [0.5, 0.6) is 11.5 Å². The Hall–Kier alpha value is -3.30. The molecule has 35 heavy (non-hydrogen) atoms. The minimum atomic E-state index is -0.00257. The van der Waals surface area contributed by atoms with Crippen LogP contribution < -0.4 is 15.0 Å². The van der Waals surface area contributed by atoms with E-state index in [0.29, 0.717) is 11.5 Å². The zero-order valence-corrected chi connectivity index (χ0v) is 20.7. The normalized spacial score (nSPS) is 14.7. The molecule has 0 radical (unpaired) electrons. The summed E-state index contributed by atoms with van der Waals surface area (Å²) in [5, 5.41) is 10.7. The zero-order valence-electron chi connectivity index (χ0n) is 19.1. The van der Waals surface area contributed by atoms with Crippen LogP contribution in [-0.4, -0.2) is 26.0 Å². The summed E-state index contributed by atoms with van der Waals surface area (Å²) in [6.45, 7) is 2.30. The minimum Gasteiger partial charge on any atom is -0.454 e. The highest BCUT2D eigenvalue weighted by Crippen LogP contribution is 2.38. The monoisotopic (exact) mass is 502 g/mol. The average Bonchev–Trinajstić information content (AvgIpc) is 3.59.